The third kappa shape index (κ3) is 6.21. The maximum atomic E-state index is 15.3. The van der Waals surface area contributed by atoms with E-state index in [1.807, 2.05) is 0 Å². The van der Waals surface area contributed by atoms with Crippen molar-refractivity contribution in [3.05, 3.63) is 76.8 Å². The van der Waals surface area contributed by atoms with Gasteiger partial charge in [0.25, 0.3) is 5.91 Å². The molecule has 1 aliphatic rings. The van der Waals surface area contributed by atoms with Gasteiger partial charge in [0, 0.05) is 37.6 Å². The molecule has 9 nitrogen and oxygen atoms in total. The Balaban J connectivity index is 1.63. The summed E-state index contributed by atoms with van der Waals surface area (Å²) in [7, 11) is 1.44. The Kier molecular flexibility index (Phi) is 8.23. The Morgan fingerprint density at radius 3 is 2.49 bits per heavy atom. The summed E-state index contributed by atoms with van der Waals surface area (Å²) in [5, 5.41) is 11.3. The van der Waals surface area contributed by atoms with Crippen molar-refractivity contribution in [2.24, 2.45) is 0 Å². The number of nitrogens with zero attached hydrogens (tertiary/aromatic N) is 4. The molecule has 206 valence electrons. The van der Waals surface area contributed by atoms with Crippen molar-refractivity contribution in [3.63, 3.8) is 0 Å². The van der Waals surface area contributed by atoms with Crippen molar-refractivity contribution in [2.45, 2.75) is 6.18 Å². The van der Waals surface area contributed by atoms with Crippen LogP contribution in [0, 0.1) is 5.82 Å². The van der Waals surface area contributed by atoms with Gasteiger partial charge in [-0.15, -0.1) is 0 Å². The molecular formula is C25H22ClF4N5O4. The number of aliphatic hydroxyl groups is 1. The van der Waals surface area contributed by atoms with Crippen LogP contribution in [0.15, 0.2) is 54.7 Å². The minimum atomic E-state index is -4.76. The standard InChI is InChI=1S/C25H22ClF4N5O4/c1-31-23(37)21-12-17(6-7-32-21)39-16-3-5-22(20(27)11-16)35-14-33(8-9-36)13-34(24(35)38)15-2-4-19(26)18(10-15)25(28,29)30/h2-7,10-12,36H,8-9,13-14H2,1H3,(H,31,37). The number of nitrogens with one attached hydrogen (secondary N) is 1. The van der Waals surface area contributed by atoms with Crippen molar-refractivity contribution < 1.29 is 37.0 Å². The van der Waals surface area contributed by atoms with E-state index < -0.39 is 34.5 Å². The van der Waals surface area contributed by atoms with Gasteiger partial charge in [-0.05, 0) is 36.4 Å². The smallest absolute Gasteiger partial charge is 0.417 e. The van der Waals surface area contributed by atoms with Crippen molar-refractivity contribution in [2.75, 3.05) is 43.3 Å². The van der Waals surface area contributed by atoms with E-state index in [2.05, 4.69) is 10.3 Å². The van der Waals surface area contributed by atoms with Gasteiger partial charge in [0.1, 0.15) is 17.2 Å². The van der Waals surface area contributed by atoms with E-state index in [1.54, 1.807) is 4.90 Å². The third-order valence-electron chi connectivity index (χ3n) is 5.76. The lowest BCUT2D eigenvalue weighted by atomic mass is 10.1. The van der Waals surface area contributed by atoms with Crippen LogP contribution in [0.1, 0.15) is 16.1 Å². The zero-order chi connectivity index (χ0) is 28.3. The number of aliphatic hydroxyl groups excluding tert-OH is 1. The molecule has 3 aromatic rings. The van der Waals surface area contributed by atoms with Crippen LogP contribution >= 0.6 is 11.6 Å². The minimum Gasteiger partial charge on any atom is -0.457 e. The highest BCUT2D eigenvalue weighted by Crippen LogP contribution is 2.38. The number of alkyl halides is 3. The number of ether oxygens (including phenoxy) is 1. The van der Waals surface area contributed by atoms with E-state index in [0.29, 0.717) is 0 Å². The number of hydrogen-bond donors (Lipinski definition) is 2. The number of anilines is 2. The first-order valence-electron chi connectivity index (χ1n) is 11.5. The van der Waals surface area contributed by atoms with E-state index in [9.17, 15) is 27.9 Å². The van der Waals surface area contributed by atoms with Gasteiger partial charge in [-0.25, -0.2) is 9.18 Å². The van der Waals surface area contributed by atoms with Crippen molar-refractivity contribution in [3.8, 4) is 11.5 Å². The molecule has 0 unspecified atom stereocenters. The highest BCUT2D eigenvalue weighted by Gasteiger charge is 2.37. The molecule has 0 bridgehead atoms. The first kappa shape index (κ1) is 28.1. The Labute approximate surface area is 225 Å². The van der Waals surface area contributed by atoms with Crippen LogP contribution in [0.4, 0.5) is 33.7 Å². The molecule has 14 heteroatoms. The number of urea groups is 1. The first-order chi connectivity index (χ1) is 18.5. The predicted molar refractivity (Wildman–Crippen MR) is 134 cm³/mol. The quantitative estimate of drug-likeness (QED) is 0.402. The Hall–Kier alpha value is -3.94. The number of rotatable bonds is 7. The molecule has 0 saturated carbocycles. The van der Waals surface area contributed by atoms with Gasteiger partial charge in [0.2, 0.25) is 0 Å². The second kappa shape index (κ2) is 11.4. The average molecular weight is 568 g/mol. The molecule has 1 fully saturated rings. The minimum absolute atomic E-state index is 0.0614. The maximum Gasteiger partial charge on any atom is 0.417 e. The van der Waals surface area contributed by atoms with Crippen LogP contribution in [-0.4, -0.2) is 60.5 Å². The topological polar surface area (TPSA) is 98.2 Å². The van der Waals surface area contributed by atoms with Crippen molar-refractivity contribution >= 4 is 34.9 Å². The number of hydrogen-bond acceptors (Lipinski definition) is 6. The van der Waals surface area contributed by atoms with Crippen LogP contribution in [0.25, 0.3) is 0 Å². The predicted octanol–water partition coefficient (Wildman–Crippen LogP) is 4.70. The monoisotopic (exact) mass is 567 g/mol. The molecule has 2 heterocycles. The molecule has 0 spiro atoms. The lowest BCUT2D eigenvalue weighted by Gasteiger charge is -2.42. The molecule has 1 aromatic heterocycles. The molecule has 3 amide bonds. The Morgan fingerprint density at radius 2 is 1.82 bits per heavy atom. The zero-order valence-corrected chi connectivity index (χ0v) is 21.1. The highest BCUT2D eigenvalue weighted by molar-refractivity contribution is 6.31. The lowest BCUT2D eigenvalue weighted by molar-refractivity contribution is -0.137. The molecule has 2 N–H and O–H groups in total. The van der Waals surface area contributed by atoms with Gasteiger partial charge < -0.3 is 15.2 Å². The Morgan fingerprint density at radius 1 is 1.10 bits per heavy atom. The first-order valence-corrected chi connectivity index (χ1v) is 11.8. The van der Waals surface area contributed by atoms with Gasteiger partial charge in [0.05, 0.1) is 36.2 Å². The third-order valence-corrected chi connectivity index (χ3v) is 6.09. The van der Waals surface area contributed by atoms with Gasteiger partial charge in [-0.1, -0.05) is 11.6 Å². The molecule has 2 aromatic carbocycles. The molecule has 39 heavy (non-hydrogen) atoms. The second-order valence-electron chi connectivity index (χ2n) is 8.37. The van der Waals surface area contributed by atoms with Crippen LogP contribution in [0.3, 0.4) is 0 Å². The number of aromatic nitrogens is 1. The van der Waals surface area contributed by atoms with E-state index >= 15 is 4.39 Å². The summed E-state index contributed by atoms with van der Waals surface area (Å²) in [6, 6.07) is 8.80. The van der Waals surface area contributed by atoms with Gasteiger partial charge >= 0.3 is 12.2 Å². The number of β-amino-alcohol motifs (C(OH)–C–C–N with tert-alkyl or cyclic N) is 1. The summed E-state index contributed by atoms with van der Waals surface area (Å²) in [4.78, 5) is 32.7. The molecule has 0 aliphatic carbocycles. The Bertz CT molecular complexity index is 1390. The van der Waals surface area contributed by atoms with E-state index in [-0.39, 0.29) is 55.1 Å². The lowest BCUT2D eigenvalue weighted by Crippen LogP contribution is -2.59. The molecule has 1 saturated heterocycles. The summed E-state index contributed by atoms with van der Waals surface area (Å²) in [5.74, 6) is -1.01. The average Bonchev–Trinajstić information content (AvgIpc) is 2.89. The van der Waals surface area contributed by atoms with E-state index in [1.165, 1.54) is 43.6 Å². The summed E-state index contributed by atoms with van der Waals surface area (Å²) in [5.41, 5.74) is -1.30. The van der Waals surface area contributed by atoms with Gasteiger partial charge in [0.15, 0.2) is 5.82 Å². The maximum absolute atomic E-state index is 15.3. The van der Waals surface area contributed by atoms with E-state index in [0.717, 1.165) is 28.0 Å². The summed E-state index contributed by atoms with van der Waals surface area (Å²) >= 11 is 5.72. The highest BCUT2D eigenvalue weighted by atomic mass is 35.5. The zero-order valence-electron chi connectivity index (χ0n) is 20.4. The number of benzene rings is 2. The number of pyridine rings is 1. The summed E-state index contributed by atoms with van der Waals surface area (Å²) in [6.07, 6.45) is -3.41. The number of amides is 3. The fourth-order valence-corrected chi connectivity index (χ4v) is 4.12. The van der Waals surface area contributed by atoms with Gasteiger partial charge in [-0.3, -0.25) is 24.5 Å². The molecule has 4 rings (SSSR count). The van der Waals surface area contributed by atoms with Gasteiger partial charge in [-0.2, -0.15) is 13.2 Å². The van der Waals surface area contributed by atoms with Crippen molar-refractivity contribution in [1.29, 1.82) is 0 Å². The van der Waals surface area contributed by atoms with Crippen LogP contribution < -0.4 is 19.9 Å². The molecule has 1 aliphatic heterocycles. The van der Waals surface area contributed by atoms with E-state index in [4.69, 9.17) is 16.3 Å². The largest absolute Gasteiger partial charge is 0.457 e. The van der Waals surface area contributed by atoms with Crippen LogP contribution in [0.5, 0.6) is 11.5 Å². The number of carbonyl (C=O) groups excluding carboxylic acids is 2. The number of halogens is 5. The molecular weight excluding hydrogens is 546 g/mol. The summed E-state index contributed by atoms with van der Waals surface area (Å²) in [6.45, 7) is -0.512. The SMILES string of the molecule is CNC(=O)c1cc(Oc2ccc(N3CN(CCO)CN(c4ccc(Cl)c(C(F)(F)F)c4)C3=O)c(F)c2)ccn1. The second-order valence-corrected chi connectivity index (χ2v) is 8.78. The fourth-order valence-electron chi connectivity index (χ4n) is 3.90. The molecule has 0 atom stereocenters. The van der Waals surface area contributed by atoms with Crippen LogP contribution in [-0.2, 0) is 6.18 Å². The van der Waals surface area contributed by atoms with Crippen LogP contribution in [0.2, 0.25) is 5.02 Å². The number of carbonyl (C=O) groups is 2. The summed E-state index contributed by atoms with van der Waals surface area (Å²) < 4.78 is 61.2. The van der Waals surface area contributed by atoms with Crippen molar-refractivity contribution in [1.82, 2.24) is 15.2 Å². The fraction of sp³-hybridized carbons (Fsp3) is 0.240. The normalized spacial score (nSPS) is 14.5. The molecule has 0 radical (unpaired) electrons.